The first kappa shape index (κ1) is 12.1. The lowest BCUT2D eigenvalue weighted by molar-refractivity contribution is 0.419. The summed E-state index contributed by atoms with van der Waals surface area (Å²) in [6.07, 6.45) is 6.94. The molecule has 3 unspecified atom stereocenters. The van der Waals surface area contributed by atoms with E-state index in [4.69, 9.17) is 0 Å². The molecule has 0 spiro atoms. The Morgan fingerprint density at radius 2 is 1.72 bits per heavy atom. The maximum absolute atomic E-state index is 11.3. The quantitative estimate of drug-likeness (QED) is 0.607. The van der Waals surface area contributed by atoms with Gasteiger partial charge >= 0.3 is 0 Å². The Morgan fingerprint density at radius 3 is 2.39 bits per heavy atom. The van der Waals surface area contributed by atoms with Crippen molar-refractivity contribution in [1.29, 1.82) is 0 Å². The van der Waals surface area contributed by atoms with Crippen molar-refractivity contribution in [2.75, 3.05) is 0 Å². The van der Waals surface area contributed by atoms with Gasteiger partial charge in [-0.1, -0.05) is 25.7 Å². The van der Waals surface area contributed by atoms with Gasteiger partial charge in [-0.2, -0.15) is 0 Å². The van der Waals surface area contributed by atoms with E-state index in [0.29, 0.717) is 17.0 Å². The summed E-state index contributed by atoms with van der Waals surface area (Å²) in [5.74, 6) is 1.03. The van der Waals surface area contributed by atoms with E-state index in [-0.39, 0.29) is 11.7 Å². The number of hydrogen-bond donors (Lipinski definition) is 2. The average molecular weight is 266 g/mol. The summed E-state index contributed by atoms with van der Waals surface area (Å²) in [5, 5.41) is 20.7. The Morgan fingerprint density at radius 1 is 1.06 bits per heavy atom. The number of benzene rings is 1. The van der Waals surface area contributed by atoms with Gasteiger partial charge in [-0.25, -0.2) is 0 Å². The first-order chi connectivity index (χ1) is 8.74. The van der Waals surface area contributed by atoms with Gasteiger partial charge in [0.25, 0.3) is 0 Å². The van der Waals surface area contributed by atoms with Gasteiger partial charge in [0.2, 0.25) is 0 Å². The van der Waals surface area contributed by atoms with Gasteiger partial charge in [0.05, 0.1) is 13.8 Å². The Balaban J connectivity index is 2.12. The van der Waals surface area contributed by atoms with Gasteiger partial charge in [0.15, 0.2) is 0 Å². The molecule has 0 radical (unpaired) electrons. The number of phenolic OH excluding ortho intramolecular Hbond substituents is 2. The van der Waals surface area contributed by atoms with Crippen molar-refractivity contribution in [3.05, 3.63) is 17.2 Å². The summed E-state index contributed by atoms with van der Waals surface area (Å²) in [6.45, 7) is 0. The lowest BCUT2D eigenvalue weighted by atomic mass is 9.81. The molecule has 1 aromatic rings. The lowest BCUT2D eigenvalue weighted by Gasteiger charge is -2.23. The normalized spacial score (nSPS) is 27.1. The standard InChI is InChI=1S/C14H19O3P/c15-11-7-10-8-5-3-1-2-4-6-9(8)12(13(10)16)14(11)18-17/h7-9,15-16H,1-6,18H2. The second kappa shape index (κ2) is 4.62. The summed E-state index contributed by atoms with van der Waals surface area (Å²) in [4.78, 5) is 0. The number of rotatable bonds is 1. The number of phenols is 2. The molecule has 0 amide bonds. The predicted octanol–water partition coefficient (Wildman–Crippen LogP) is 3.01. The molecular formula is C14H19O3P. The average Bonchev–Trinajstić information content (AvgIpc) is 2.50. The molecule has 2 bridgehead atoms. The first-order valence-electron chi connectivity index (χ1n) is 6.78. The van der Waals surface area contributed by atoms with Crippen molar-refractivity contribution < 1.29 is 14.8 Å². The molecule has 3 nitrogen and oxygen atoms in total. The number of fused-ring (bicyclic) bond motifs is 5. The third-order valence-corrected chi connectivity index (χ3v) is 5.38. The molecule has 18 heavy (non-hydrogen) atoms. The van der Waals surface area contributed by atoms with Crippen molar-refractivity contribution in [3.63, 3.8) is 0 Å². The van der Waals surface area contributed by atoms with Gasteiger partial charge in [-0.05, 0) is 30.7 Å². The molecule has 3 rings (SSSR count). The Hall–Kier alpha value is -0.950. The monoisotopic (exact) mass is 266 g/mol. The Bertz CT molecular complexity index is 498. The first-order valence-corrected chi connectivity index (χ1v) is 7.82. The molecule has 0 saturated heterocycles. The Labute approximate surface area is 108 Å². The van der Waals surface area contributed by atoms with E-state index in [9.17, 15) is 14.8 Å². The van der Waals surface area contributed by atoms with Crippen LogP contribution in [0.5, 0.6) is 11.5 Å². The van der Waals surface area contributed by atoms with Crippen LogP contribution >= 0.6 is 8.46 Å². The van der Waals surface area contributed by atoms with E-state index in [0.717, 1.165) is 30.4 Å². The molecule has 2 aliphatic carbocycles. The molecule has 4 heteroatoms. The van der Waals surface area contributed by atoms with Gasteiger partial charge in [-0.15, -0.1) is 0 Å². The second-order valence-electron chi connectivity index (χ2n) is 5.48. The molecule has 0 heterocycles. The molecule has 0 aromatic heterocycles. The second-order valence-corrected chi connectivity index (χ2v) is 6.30. The van der Waals surface area contributed by atoms with E-state index in [2.05, 4.69) is 0 Å². The fraction of sp³-hybridized carbons (Fsp3) is 0.571. The van der Waals surface area contributed by atoms with Crippen molar-refractivity contribution in [2.45, 2.75) is 50.4 Å². The van der Waals surface area contributed by atoms with Gasteiger partial charge in [0.1, 0.15) is 11.5 Å². The van der Waals surface area contributed by atoms with E-state index in [1.165, 1.54) is 19.3 Å². The van der Waals surface area contributed by atoms with E-state index in [1.54, 1.807) is 6.07 Å². The van der Waals surface area contributed by atoms with Crippen molar-refractivity contribution >= 4 is 13.8 Å². The molecule has 98 valence electrons. The van der Waals surface area contributed by atoms with Crippen LogP contribution in [0, 0.1) is 0 Å². The molecule has 1 aromatic carbocycles. The lowest BCUT2D eigenvalue weighted by Crippen LogP contribution is -2.11. The third kappa shape index (κ3) is 1.68. The summed E-state index contributed by atoms with van der Waals surface area (Å²) < 4.78 is 11.3. The van der Waals surface area contributed by atoms with E-state index >= 15 is 0 Å². The Kier molecular flexibility index (Phi) is 3.11. The summed E-state index contributed by atoms with van der Waals surface area (Å²) in [7, 11) is -1.19. The maximum Gasteiger partial charge on any atom is 0.126 e. The van der Waals surface area contributed by atoms with Crippen LogP contribution < -0.4 is 5.30 Å². The third-order valence-electron chi connectivity index (χ3n) is 4.54. The molecule has 2 aliphatic rings. The van der Waals surface area contributed by atoms with Gasteiger partial charge in [0, 0.05) is 11.1 Å². The van der Waals surface area contributed by atoms with Gasteiger partial charge < -0.3 is 14.8 Å². The molecule has 0 aliphatic heterocycles. The van der Waals surface area contributed by atoms with Crippen LogP contribution in [0.25, 0.3) is 0 Å². The molecular weight excluding hydrogens is 247 g/mol. The number of hydrogen-bond acceptors (Lipinski definition) is 3. The highest BCUT2D eigenvalue weighted by Crippen LogP contribution is 2.55. The highest BCUT2D eigenvalue weighted by Gasteiger charge is 2.39. The SMILES string of the molecule is O=[PH2]c1c(O)cc2c(O)c1C1CCCCCCC21. The fourth-order valence-electron chi connectivity index (χ4n) is 3.70. The minimum absolute atomic E-state index is 0.120. The minimum atomic E-state index is -1.19. The maximum atomic E-state index is 11.3. The zero-order valence-corrected chi connectivity index (χ0v) is 11.5. The molecule has 1 fully saturated rings. The van der Waals surface area contributed by atoms with Crippen LogP contribution in [0.15, 0.2) is 6.07 Å². The summed E-state index contributed by atoms with van der Waals surface area (Å²) in [6, 6.07) is 1.64. The zero-order chi connectivity index (χ0) is 12.7. The largest absolute Gasteiger partial charge is 0.507 e. The van der Waals surface area contributed by atoms with Crippen LogP contribution in [0.3, 0.4) is 0 Å². The minimum Gasteiger partial charge on any atom is -0.507 e. The van der Waals surface area contributed by atoms with Crippen molar-refractivity contribution in [3.8, 4) is 11.5 Å². The van der Waals surface area contributed by atoms with Gasteiger partial charge in [-0.3, -0.25) is 0 Å². The molecule has 2 N–H and O–H groups in total. The fourth-order valence-corrected chi connectivity index (χ4v) is 4.38. The number of aromatic hydroxyl groups is 2. The van der Waals surface area contributed by atoms with Crippen LogP contribution in [-0.2, 0) is 4.57 Å². The summed E-state index contributed by atoms with van der Waals surface area (Å²) >= 11 is 0. The highest BCUT2D eigenvalue weighted by molar-refractivity contribution is 7.34. The van der Waals surface area contributed by atoms with Crippen LogP contribution in [0.4, 0.5) is 0 Å². The van der Waals surface area contributed by atoms with Crippen molar-refractivity contribution in [1.82, 2.24) is 0 Å². The van der Waals surface area contributed by atoms with Crippen LogP contribution in [0.1, 0.15) is 61.5 Å². The zero-order valence-electron chi connectivity index (χ0n) is 10.4. The van der Waals surface area contributed by atoms with E-state index in [1.807, 2.05) is 0 Å². The van der Waals surface area contributed by atoms with Crippen LogP contribution in [0.2, 0.25) is 0 Å². The predicted molar refractivity (Wildman–Crippen MR) is 73.0 cm³/mol. The smallest absolute Gasteiger partial charge is 0.126 e. The van der Waals surface area contributed by atoms with Crippen LogP contribution in [-0.4, -0.2) is 10.2 Å². The summed E-state index contributed by atoms with van der Waals surface area (Å²) in [5.41, 5.74) is 1.67. The molecule has 3 atom stereocenters. The van der Waals surface area contributed by atoms with Crippen molar-refractivity contribution in [2.24, 2.45) is 0 Å². The van der Waals surface area contributed by atoms with E-state index < -0.39 is 8.46 Å². The topological polar surface area (TPSA) is 57.5 Å². The highest BCUT2D eigenvalue weighted by atomic mass is 31.1. The molecule has 1 saturated carbocycles.